The maximum absolute atomic E-state index is 12.7. The lowest BCUT2D eigenvalue weighted by Crippen LogP contribution is -2.40. The summed E-state index contributed by atoms with van der Waals surface area (Å²) in [6.45, 7) is -1.66. The van der Waals surface area contributed by atoms with Crippen molar-refractivity contribution in [3.8, 4) is 5.75 Å². The van der Waals surface area contributed by atoms with Crippen LogP contribution < -0.4 is 10.1 Å². The summed E-state index contributed by atoms with van der Waals surface area (Å²) in [6, 6.07) is 11.8. The summed E-state index contributed by atoms with van der Waals surface area (Å²) in [5, 5.41) is 2.61. The normalized spacial score (nSPS) is 15.4. The molecule has 1 heterocycles. The van der Waals surface area contributed by atoms with Crippen LogP contribution in [0.25, 0.3) is 6.08 Å². The number of ether oxygens (including phenoxy) is 2. The Labute approximate surface area is 173 Å². The molecule has 0 atom stereocenters. The van der Waals surface area contributed by atoms with Crippen molar-refractivity contribution in [1.82, 2.24) is 4.31 Å². The summed E-state index contributed by atoms with van der Waals surface area (Å²) >= 11 is 0. The van der Waals surface area contributed by atoms with Crippen LogP contribution in [0.15, 0.2) is 59.5 Å². The fraction of sp³-hybridized carbons (Fsp3) is 0.250. The fourth-order valence-corrected chi connectivity index (χ4v) is 4.24. The Bertz CT molecular complexity index is 1000. The Morgan fingerprint density at radius 1 is 1.13 bits per heavy atom. The summed E-state index contributed by atoms with van der Waals surface area (Å²) in [7, 11) is -3.67. The highest BCUT2D eigenvalue weighted by Gasteiger charge is 2.26. The molecule has 1 N–H and O–H groups in total. The number of sulfonamides is 1. The van der Waals surface area contributed by atoms with Crippen molar-refractivity contribution < 1.29 is 31.5 Å². The molecule has 1 fully saturated rings. The van der Waals surface area contributed by atoms with Gasteiger partial charge < -0.3 is 14.8 Å². The van der Waals surface area contributed by atoms with Gasteiger partial charge >= 0.3 is 6.61 Å². The lowest BCUT2D eigenvalue weighted by Gasteiger charge is -2.26. The molecule has 160 valence electrons. The van der Waals surface area contributed by atoms with Crippen LogP contribution >= 0.6 is 0 Å². The van der Waals surface area contributed by atoms with Crippen LogP contribution in [0, 0.1) is 0 Å². The third kappa shape index (κ3) is 5.85. The van der Waals surface area contributed by atoms with Crippen molar-refractivity contribution in [1.29, 1.82) is 0 Å². The number of benzene rings is 2. The Morgan fingerprint density at radius 2 is 1.83 bits per heavy atom. The van der Waals surface area contributed by atoms with E-state index in [4.69, 9.17) is 4.74 Å². The number of amides is 1. The van der Waals surface area contributed by atoms with E-state index < -0.39 is 22.5 Å². The Kier molecular flexibility index (Phi) is 7.14. The molecule has 1 aliphatic heterocycles. The highest BCUT2D eigenvalue weighted by molar-refractivity contribution is 7.89. The molecule has 0 unspecified atom stereocenters. The largest absolute Gasteiger partial charge is 0.435 e. The summed E-state index contributed by atoms with van der Waals surface area (Å²) in [5.74, 6) is -0.450. The van der Waals surface area contributed by atoms with Crippen molar-refractivity contribution in [2.45, 2.75) is 11.5 Å². The van der Waals surface area contributed by atoms with Crippen molar-refractivity contribution >= 4 is 27.7 Å². The van der Waals surface area contributed by atoms with Gasteiger partial charge in [-0.05, 0) is 42.0 Å². The van der Waals surface area contributed by atoms with Crippen molar-refractivity contribution in [3.63, 3.8) is 0 Å². The number of rotatable bonds is 7. The van der Waals surface area contributed by atoms with Crippen molar-refractivity contribution in [3.05, 3.63) is 60.2 Å². The van der Waals surface area contributed by atoms with Gasteiger partial charge in [0, 0.05) is 24.9 Å². The second-order valence-electron chi connectivity index (χ2n) is 6.31. The molecule has 3 rings (SSSR count). The molecule has 7 nitrogen and oxygen atoms in total. The van der Waals surface area contributed by atoms with E-state index >= 15 is 0 Å². The summed E-state index contributed by atoms with van der Waals surface area (Å²) in [4.78, 5) is 12.2. The molecule has 2 aromatic carbocycles. The number of alkyl halides is 2. The molecule has 1 aliphatic rings. The molecule has 10 heteroatoms. The number of carbonyl (C=O) groups is 1. The Balaban J connectivity index is 1.64. The highest BCUT2D eigenvalue weighted by Crippen LogP contribution is 2.21. The molecule has 1 amide bonds. The predicted molar refractivity (Wildman–Crippen MR) is 107 cm³/mol. The van der Waals surface area contributed by atoms with Gasteiger partial charge in [-0.3, -0.25) is 4.79 Å². The van der Waals surface area contributed by atoms with Crippen LogP contribution in [0.3, 0.4) is 0 Å². The van der Waals surface area contributed by atoms with Crippen LogP contribution in [0.1, 0.15) is 5.56 Å². The van der Waals surface area contributed by atoms with E-state index in [1.165, 1.54) is 52.9 Å². The van der Waals surface area contributed by atoms with Crippen molar-refractivity contribution in [2.24, 2.45) is 0 Å². The maximum atomic E-state index is 12.7. The highest BCUT2D eigenvalue weighted by atomic mass is 32.2. The van der Waals surface area contributed by atoms with Crippen LogP contribution in [0.2, 0.25) is 0 Å². The van der Waals surface area contributed by atoms with Gasteiger partial charge in [-0.2, -0.15) is 13.1 Å². The monoisotopic (exact) mass is 438 g/mol. The lowest BCUT2D eigenvalue weighted by molar-refractivity contribution is -0.111. The molecule has 0 aromatic heterocycles. The second-order valence-corrected chi connectivity index (χ2v) is 8.25. The number of nitrogens with one attached hydrogen (secondary N) is 1. The van der Waals surface area contributed by atoms with E-state index in [1.54, 1.807) is 12.1 Å². The Morgan fingerprint density at radius 3 is 2.50 bits per heavy atom. The Hall–Kier alpha value is -2.82. The van der Waals surface area contributed by atoms with E-state index in [0.29, 0.717) is 24.5 Å². The van der Waals surface area contributed by atoms with Gasteiger partial charge in [0.15, 0.2) is 0 Å². The molecule has 0 saturated carbocycles. The fourth-order valence-electron chi connectivity index (χ4n) is 2.79. The first-order valence-electron chi connectivity index (χ1n) is 9.06. The maximum Gasteiger partial charge on any atom is 0.387 e. The smallest absolute Gasteiger partial charge is 0.387 e. The molecule has 1 saturated heterocycles. The number of carbonyl (C=O) groups excluding carboxylic acids is 1. The predicted octanol–water partition coefficient (Wildman–Crippen LogP) is 2.96. The van der Waals surface area contributed by atoms with Gasteiger partial charge in [-0.1, -0.05) is 18.2 Å². The SMILES string of the molecule is O=C(C=Cc1ccc(OC(F)F)cc1)Nc1cccc(S(=O)(=O)N2CCOCC2)c1. The van der Waals surface area contributed by atoms with Gasteiger partial charge in [-0.25, -0.2) is 8.42 Å². The molecule has 0 bridgehead atoms. The van der Waals surface area contributed by atoms with E-state index in [0.717, 1.165) is 0 Å². The molecular weight excluding hydrogens is 418 g/mol. The third-order valence-corrected chi connectivity index (χ3v) is 6.14. The van der Waals surface area contributed by atoms with Gasteiger partial charge in [0.05, 0.1) is 18.1 Å². The van der Waals surface area contributed by atoms with E-state index in [-0.39, 0.29) is 23.7 Å². The van der Waals surface area contributed by atoms with Crippen LogP contribution in [-0.4, -0.2) is 51.5 Å². The molecule has 30 heavy (non-hydrogen) atoms. The number of anilines is 1. The summed E-state index contributed by atoms with van der Waals surface area (Å²) < 4.78 is 60.5. The zero-order chi connectivity index (χ0) is 21.6. The van der Waals surface area contributed by atoms with Crippen LogP contribution in [0.5, 0.6) is 5.75 Å². The topological polar surface area (TPSA) is 84.9 Å². The number of morpholine rings is 1. The van der Waals surface area contributed by atoms with Crippen molar-refractivity contribution in [2.75, 3.05) is 31.6 Å². The molecule has 0 radical (unpaired) electrons. The first kappa shape index (κ1) is 21.9. The van der Waals surface area contributed by atoms with E-state index in [1.807, 2.05) is 0 Å². The number of hydrogen-bond acceptors (Lipinski definition) is 5. The van der Waals surface area contributed by atoms with Gasteiger partial charge in [-0.15, -0.1) is 0 Å². The quantitative estimate of drug-likeness (QED) is 0.672. The van der Waals surface area contributed by atoms with E-state index in [2.05, 4.69) is 10.1 Å². The zero-order valence-electron chi connectivity index (χ0n) is 15.8. The summed E-state index contributed by atoms with van der Waals surface area (Å²) in [6.07, 6.45) is 2.75. The van der Waals surface area contributed by atoms with Gasteiger partial charge in [0.25, 0.3) is 0 Å². The minimum atomic E-state index is -3.67. The molecule has 2 aromatic rings. The molecule has 0 spiro atoms. The van der Waals surface area contributed by atoms with Gasteiger partial charge in [0.1, 0.15) is 5.75 Å². The van der Waals surface area contributed by atoms with Gasteiger partial charge in [0.2, 0.25) is 15.9 Å². The first-order valence-corrected chi connectivity index (χ1v) is 10.5. The average molecular weight is 438 g/mol. The minimum Gasteiger partial charge on any atom is -0.435 e. The number of nitrogens with zero attached hydrogens (tertiary/aromatic N) is 1. The molecule has 0 aliphatic carbocycles. The number of hydrogen-bond donors (Lipinski definition) is 1. The van der Waals surface area contributed by atoms with Crippen LogP contribution in [0.4, 0.5) is 14.5 Å². The summed E-state index contributed by atoms with van der Waals surface area (Å²) in [5.41, 5.74) is 0.940. The lowest BCUT2D eigenvalue weighted by atomic mass is 10.2. The standard InChI is InChI=1S/C20H20F2N2O5S/c21-20(22)29-17-7-4-15(5-8-17)6-9-19(25)23-16-2-1-3-18(14-16)30(26,27)24-10-12-28-13-11-24/h1-9,14,20H,10-13H2,(H,23,25). The van der Waals surface area contributed by atoms with Crippen LogP contribution in [-0.2, 0) is 19.6 Å². The average Bonchev–Trinajstić information content (AvgIpc) is 2.74. The zero-order valence-corrected chi connectivity index (χ0v) is 16.6. The van der Waals surface area contributed by atoms with E-state index in [9.17, 15) is 22.0 Å². The third-order valence-electron chi connectivity index (χ3n) is 4.24. The second kappa shape index (κ2) is 9.79. The first-order chi connectivity index (χ1) is 14.3. The minimum absolute atomic E-state index is 0.0184. The number of halogens is 2. The molecular formula is C20H20F2N2O5S.